The van der Waals surface area contributed by atoms with Crippen molar-refractivity contribution in [1.29, 1.82) is 0 Å². The maximum atomic E-state index is 9.74. The Labute approximate surface area is 57.2 Å². The Morgan fingerprint density at radius 3 is 3.10 bits per heavy atom. The summed E-state index contributed by atoms with van der Waals surface area (Å²) in [6.45, 7) is 1.55. The molecule has 1 unspecified atom stereocenters. The topological polar surface area (TPSA) is 73.6 Å². The summed E-state index contributed by atoms with van der Waals surface area (Å²) in [7, 11) is 0. The van der Waals surface area contributed by atoms with Gasteiger partial charge in [-0.05, 0) is 0 Å². The molecule has 0 radical (unpaired) electrons. The van der Waals surface area contributed by atoms with Crippen LogP contribution in [0.1, 0.15) is 0 Å². The molecule has 6 nitrogen and oxygen atoms in total. The zero-order valence-corrected chi connectivity index (χ0v) is 5.28. The molecule has 1 aliphatic heterocycles. The smallest absolute Gasteiger partial charge is 0.297 e. The molecule has 0 aromatic carbocycles. The first-order valence-corrected chi connectivity index (χ1v) is 2.92. The molecule has 0 spiro atoms. The van der Waals surface area contributed by atoms with Crippen molar-refractivity contribution in [3.8, 4) is 0 Å². The SMILES string of the molecule is O=[N+]([O-])OC1CNCCO1. The van der Waals surface area contributed by atoms with Gasteiger partial charge in [-0.25, -0.2) is 0 Å². The van der Waals surface area contributed by atoms with Crippen LogP contribution in [0.25, 0.3) is 0 Å². The van der Waals surface area contributed by atoms with E-state index < -0.39 is 11.4 Å². The van der Waals surface area contributed by atoms with Crippen molar-refractivity contribution in [2.24, 2.45) is 0 Å². The van der Waals surface area contributed by atoms with Crippen molar-refractivity contribution in [3.05, 3.63) is 10.1 Å². The molecular formula is C4H8N2O4. The van der Waals surface area contributed by atoms with Crippen molar-refractivity contribution < 1.29 is 14.7 Å². The summed E-state index contributed by atoms with van der Waals surface area (Å²) in [4.78, 5) is 13.9. The molecule has 1 N–H and O–H groups in total. The van der Waals surface area contributed by atoms with E-state index in [9.17, 15) is 10.1 Å². The molecule has 1 fully saturated rings. The predicted octanol–water partition coefficient (Wildman–Crippen LogP) is -0.859. The Morgan fingerprint density at radius 1 is 1.80 bits per heavy atom. The summed E-state index contributed by atoms with van der Waals surface area (Å²) >= 11 is 0. The van der Waals surface area contributed by atoms with E-state index in [4.69, 9.17) is 4.74 Å². The summed E-state index contributed by atoms with van der Waals surface area (Å²) in [6, 6.07) is 0. The highest BCUT2D eigenvalue weighted by Gasteiger charge is 2.16. The average Bonchev–Trinajstić information content (AvgIpc) is 1.88. The van der Waals surface area contributed by atoms with Crippen molar-refractivity contribution >= 4 is 0 Å². The van der Waals surface area contributed by atoms with Gasteiger partial charge in [0.15, 0.2) is 0 Å². The Morgan fingerprint density at radius 2 is 2.60 bits per heavy atom. The molecule has 1 saturated heterocycles. The van der Waals surface area contributed by atoms with Crippen LogP contribution in [-0.2, 0) is 9.57 Å². The fraction of sp³-hybridized carbons (Fsp3) is 1.00. The van der Waals surface area contributed by atoms with Gasteiger partial charge in [0, 0.05) is 13.1 Å². The van der Waals surface area contributed by atoms with Gasteiger partial charge in [-0.2, -0.15) is 0 Å². The fourth-order valence-corrected chi connectivity index (χ4v) is 0.705. The lowest BCUT2D eigenvalue weighted by molar-refractivity contribution is -0.780. The molecule has 58 valence electrons. The zero-order valence-electron chi connectivity index (χ0n) is 5.28. The molecule has 0 amide bonds. The largest absolute Gasteiger partial charge is 0.350 e. The maximum Gasteiger partial charge on any atom is 0.297 e. The zero-order chi connectivity index (χ0) is 7.40. The van der Waals surface area contributed by atoms with Crippen LogP contribution in [0.4, 0.5) is 0 Å². The number of nitrogens with zero attached hydrogens (tertiary/aromatic N) is 1. The molecule has 0 aromatic rings. The Kier molecular flexibility index (Phi) is 2.41. The third kappa shape index (κ3) is 2.16. The van der Waals surface area contributed by atoms with Crippen LogP contribution in [-0.4, -0.2) is 31.1 Å². The Hall–Kier alpha value is -0.880. The summed E-state index contributed by atoms with van der Waals surface area (Å²) in [5, 5.41) is 11.8. The quantitative estimate of drug-likeness (QED) is 0.407. The number of rotatable bonds is 2. The third-order valence-corrected chi connectivity index (χ3v) is 1.10. The lowest BCUT2D eigenvalue weighted by Gasteiger charge is -2.20. The van der Waals surface area contributed by atoms with Gasteiger partial charge < -0.3 is 10.1 Å². The van der Waals surface area contributed by atoms with Crippen molar-refractivity contribution in [2.45, 2.75) is 6.29 Å². The lowest BCUT2D eigenvalue weighted by atomic mass is 10.5. The summed E-state index contributed by atoms with van der Waals surface area (Å²) in [5.41, 5.74) is 0. The van der Waals surface area contributed by atoms with Crippen LogP contribution in [0.2, 0.25) is 0 Å². The van der Waals surface area contributed by atoms with Gasteiger partial charge in [-0.15, -0.1) is 10.1 Å². The van der Waals surface area contributed by atoms with Crippen molar-refractivity contribution in [3.63, 3.8) is 0 Å². The van der Waals surface area contributed by atoms with E-state index in [-0.39, 0.29) is 0 Å². The molecule has 0 aromatic heterocycles. The minimum absolute atomic E-state index is 0.376. The molecular weight excluding hydrogens is 140 g/mol. The van der Waals surface area contributed by atoms with E-state index in [1.165, 1.54) is 0 Å². The summed E-state index contributed by atoms with van der Waals surface area (Å²) in [5.74, 6) is 0. The molecule has 0 bridgehead atoms. The predicted molar refractivity (Wildman–Crippen MR) is 30.7 cm³/mol. The Balaban J connectivity index is 2.19. The lowest BCUT2D eigenvalue weighted by Crippen LogP contribution is -2.40. The van der Waals surface area contributed by atoms with E-state index >= 15 is 0 Å². The summed E-state index contributed by atoms with van der Waals surface area (Å²) in [6.07, 6.45) is -0.733. The van der Waals surface area contributed by atoms with Gasteiger partial charge in [0.2, 0.25) is 6.29 Å². The molecule has 1 rings (SSSR count). The Bertz CT molecular complexity index is 122. The van der Waals surface area contributed by atoms with Crippen LogP contribution in [0.3, 0.4) is 0 Å². The number of nitrogens with one attached hydrogen (secondary N) is 1. The molecule has 1 atom stereocenters. The molecule has 6 heteroatoms. The standard InChI is InChI=1S/C4H8N2O4/c7-6(8)10-4-3-5-1-2-9-4/h4-5H,1-3H2. The number of hydrogen-bond acceptors (Lipinski definition) is 5. The number of morpholine rings is 1. The van der Waals surface area contributed by atoms with Crippen LogP contribution in [0.5, 0.6) is 0 Å². The first-order valence-electron chi connectivity index (χ1n) is 2.92. The van der Waals surface area contributed by atoms with E-state index in [1.807, 2.05) is 0 Å². The van der Waals surface area contributed by atoms with Gasteiger partial charge in [-0.3, -0.25) is 4.84 Å². The van der Waals surface area contributed by atoms with E-state index in [0.29, 0.717) is 13.2 Å². The monoisotopic (exact) mass is 148 g/mol. The first-order chi connectivity index (χ1) is 4.79. The van der Waals surface area contributed by atoms with Gasteiger partial charge in [-0.1, -0.05) is 0 Å². The normalized spacial score (nSPS) is 25.8. The minimum atomic E-state index is -0.850. The average molecular weight is 148 g/mol. The van der Waals surface area contributed by atoms with Gasteiger partial charge in [0.05, 0.1) is 6.61 Å². The van der Waals surface area contributed by atoms with Crippen LogP contribution < -0.4 is 5.32 Å². The second-order valence-corrected chi connectivity index (χ2v) is 1.83. The second-order valence-electron chi connectivity index (χ2n) is 1.83. The first kappa shape index (κ1) is 7.23. The van der Waals surface area contributed by atoms with E-state index in [1.54, 1.807) is 0 Å². The van der Waals surface area contributed by atoms with Crippen molar-refractivity contribution in [2.75, 3.05) is 19.7 Å². The highest BCUT2D eigenvalue weighted by molar-refractivity contribution is 4.55. The van der Waals surface area contributed by atoms with Crippen LogP contribution in [0, 0.1) is 10.1 Å². The maximum absolute atomic E-state index is 9.74. The van der Waals surface area contributed by atoms with Gasteiger partial charge in [0.25, 0.3) is 5.09 Å². The highest BCUT2D eigenvalue weighted by Crippen LogP contribution is 1.96. The molecule has 10 heavy (non-hydrogen) atoms. The van der Waals surface area contributed by atoms with E-state index in [2.05, 4.69) is 10.2 Å². The highest BCUT2D eigenvalue weighted by atomic mass is 17.0. The molecule has 1 aliphatic rings. The van der Waals surface area contributed by atoms with Crippen LogP contribution >= 0.6 is 0 Å². The summed E-state index contributed by atoms with van der Waals surface area (Å²) < 4.78 is 4.86. The second kappa shape index (κ2) is 3.33. The van der Waals surface area contributed by atoms with E-state index in [0.717, 1.165) is 6.54 Å². The fourth-order valence-electron chi connectivity index (χ4n) is 0.705. The molecule has 0 aliphatic carbocycles. The number of hydrogen-bond donors (Lipinski definition) is 1. The molecule has 1 heterocycles. The van der Waals surface area contributed by atoms with Gasteiger partial charge in [0.1, 0.15) is 0 Å². The third-order valence-electron chi connectivity index (χ3n) is 1.10. The minimum Gasteiger partial charge on any atom is -0.350 e. The number of ether oxygens (including phenoxy) is 1. The van der Waals surface area contributed by atoms with Gasteiger partial charge >= 0.3 is 0 Å². The molecule has 0 saturated carbocycles. The van der Waals surface area contributed by atoms with Crippen molar-refractivity contribution in [1.82, 2.24) is 5.32 Å². The van der Waals surface area contributed by atoms with Crippen LogP contribution in [0.15, 0.2) is 0 Å².